The molecule has 0 saturated carbocycles. The molecule has 2 saturated heterocycles. The summed E-state index contributed by atoms with van der Waals surface area (Å²) in [6.07, 6.45) is -1.24. The second-order valence-electron chi connectivity index (χ2n) is 5.81. The van der Waals surface area contributed by atoms with Crippen molar-refractivity contribution in [2.45, 2.75) is 24.0 Å². The van der Waals surface area contributed by atoms with E-state index < -0.39 is 29.6 Å². The fourth-order valence-electron chi connectivity index (χ4n) is 3.22. The topological polar surface area (TPSA) is 152 Å². The van der Waals surface area contributed by atoms with Crippen LogP contribution in [0.2, 0.25) is 0 Å². The lowest BCUT2D eigenvalue weighted by Crippen LogP contribution is -2.58. The Labute approximate surface area is 129 Å². The van der Waals surface area contributed by atoms with Gasteiger partial charge in [-0.15, -0.1) is 0 Å². The molecule has 23 heavy (non-hydrogen) atoms. The molecule has 0 aromatic carbocycles. The lowest BCUT2D eigenvalue weighted by atomic mass is 9.94. The number of rotatable bonds is 2. The summed E-state index contributed by atoms with van der Waals surface area (Å²) in [5.41, 5.74) is 4.26. The number of hydrogen-bond acceptors (Lipinski definition) is 9. The molecule has 2 aliphatic heterocycles. The molecule has 0 aliphatic carbocycles. The van der Waals surface area contributed by atoms with Crippen molar-refractivity contribution in [1.29, 1.82) is 0 Å². The van der Waals surface area contributed by atoms with Crippen molar-refractivity contribution in [3.05, 3.63) is 16.7 Å². The van der Waals surface area contributed by atoms with Crippen molar-refractivity contribution in [1.82, 2.24) is 24.6 Å². The first-order valence-electron chi connectivity index (χ1n) is 7.02. The first-order valence-corrected chi connectivity index (χ1v) is 7.02. The van der Waals surface area contributed by atoms with Gasteiger partial charge >= 0.3 is 0 Å². The molecule has 11 heteroatoms. The van der Waals surface area contributed by atoms with E-state index in [1.165, 1.54) is 16.0 Å². The monoisotopic (exact) mass is 324 g/mol. The van der Waals surface area contributed by atoms with E-state index in [2.05, 4.69) is 15.0 Å². The van der Waals surface area contributed by atoms with Crippen molar-refractivity contribution in [3.63, 3.8) is 0 Å². The van der Waals surface area contributed by atoms with E-state index in [-0.39, 0.29) is 30.3 Å². The molecular weight excluding hydrogens is 308 g/mol. The van der Waals surface area contributed by atoms with Crippen LogP contribution in [0.3, 0.4) is 0 Å². The zero-order valence-electron chi connectivity index (χ0n) is 12.2. The first-order chi connectivity index (χ1) is 10.9. The largest absolute Gasteiger partial charge is 0.393 e. The average molecular weight is 324 g/mol. The Morgan fingerprint density at radius 3 is 3.13 bits per heavy atom. The van der Waals surface area contributed by atoms with E-state index in [0.717, 1.165) is 0 Å². The van der Waals surface area contributed by atoms with Crippen LogP contribution in [-0.2, 0) is 9.57 Å². The summed E-state index contributed by atoms with van der Waals surface area (Å²) in [6.45, 7) is -0.182. The van der Waals surface area contributed by atoms with Gasteiger partial charge in [0.25, 0.3) is 5.56 Å². The highest BCUT2D eigenvalue weighted by atomic mass is 16.7. The molecular formula is C12H16N6O5. The Hall–Kier alpha value is -2.05. The van der Waals surface area contributed by atoms with Crippen LogP contribution in [0.15, 0.2) is 11.1 Å². The standard InChI is InChI=1S/C12H16N6O5/c1-17-2-12(3-19)7(20)6(23-17)10(22-12)18-4-14-5-8(18)15-11(13)16-9(5)21/h4,6-7,10,19-20H,2-3H2,1H3,(H3,13,15,16,21)/t6?,7?,10?,12-/m1/s1. The molecule has 4 heterocycles. The number of nitrogens with one attached hydrogen (secondary N) is 1. The van der Waals surface area contributed by atoms with Gasteiger partial charge in [-0.3, -0.25) is 19.2 Å². The normalized spacial score (nSPS) is 34.3. The number of fused-ring (bicyclic) bond motifs is 3. The molecule has 5 N–H and O–H groups in total. The number of ether oxygens (including phenoxy) is 1. The van der Waals surface area contributed by atoms with Crippen molar-refractivity contribution in [3.8, 4) is 0 Å². The van der Waals surface area contributed by atoms with Crippen LogP contribution >= 0.6 is 0 Å². The van der Waals surface area contributed by atoms with Crippen molar-refractivity contribution < 1.29 is 19.8 Å². The number of nitrogen functional groups attached to an aromatic ring is 1. The smallest absolute Gasteiger partial charge is 0.280 e. The van der Waals surface area contributed by atoms with Gasteiger partial charge < -0.3 is 20.7 Å². The Bertz CT molecular complexity index is 820. The minimum absolute atomic E-state index is 0.0549. The Morgan fingerprint density at radius 2 is 2.39 bits per heavy atom. The van der Waals surface area contributed by atoms with E-state index in [9.17, 15) is 15.0 Å². The van der Waals surface area contributed by atoms with E-state index in [1.54, 1.807) is 7.05 Å². The predicted molar refractivity (Wildman–Crippen MR) is 76.0 cm³/mol. The molecule has 4 atom stereocenters. The molecule has 0 amide bonds. The summed E-state index contributed by atoms with van der Waals surface area (Å²) in [7, 11) is 1.68. The molecule has 3 unspecified atom stereocenters. The van der Waals surface area contributed by atoms with E-state index in [1.807, 2.05) is 0 Å². The molecule has 4 rings (SSSR count). The van der Waals surface area contributed by atoms with Gasteiger partial charge in [0.15, 0.2) is 23.5 Å². The zero-order valence-corrected chi connectivity index (χ0v) is 12.2. The molecule has 2 fully saturated rings. The van der Waals surface area contributed by atoms with Gasteiger partial charge in [0.2, 0.25) is 5.95 Å². The summed E-state index contributed by atoms with van der Waals surface area (Å²) in [5.74, 6) is -0.0549. The number of hydroxylamine groups is 2. The van der Waals surface area contributed by atoms with Gasteiger partial charge in [-0.05, 0) is 0 Å². The summed E-state index contributed by atoms with van der Waals surface area (Å²) < 4.78 is 7.38. The van der Waals surface area contributed by atoms with E-state index in [4.69, 9.17) is 15.3 Å². The Balaban J connectivity index is 1.84. The van der Waals surface area contributed by atoms with E-state index in [0.29, 0.717) is 0 Å². The summed E-state index contributed by atoms with van der Waals surface area (Å²) >= 11 is 0. The SMILES string of the molecule is CN1C[C@]2(CO)OC(n3cnc4c(=O)[nH]c(N)nc43)C(O1)C2O. The highest BCUT2D eigenvalue weighted by Gasteiger charge is 2.60. The van der Waals surface area contributed by atoms with Gasteiger partial charge in [0, 0.05) is 7.05 Å². The van der Waals surface area contributed by atoms with Crippen LogP contribution in [0, 0.1) is 0 Å². The Kier molecular flexibility index (Phi) is 2.98. The molecule has 0 spiro atoms. The number of nitrogens with two attached hydrogens (primary N) is 1. The van der Waals surface area contributed by atoms with Gasteiger partial charge in [0.1, 0.15) is 11.7 Å². The number of aromatic nitrogens is 4. The van der Waals surface area contributed by atoms with Crippen LogP contribution in [0.4, 0.5) is 5.95 Å². The number of aliphatic hydroxyl groups is 2. The maximum absolute atomic E-state index is 11.9. The zero-order chi connectivity index (χ0) is 16.4. The highest BCUT2D eigenvalue weighted by molar-refractivity contribution is 5.70. The van der Waals surface area contributed by atoms with Crippen LogP contribution < -0.4 is 11.3 Å². The van der Waals surface area contributed by atoms with Crippen LogP contribution in [0.25, 0.3) is 11.2 Å². The number of aromatic amines is 1. The molecule has 11 nitrogen and oxygen atoms in total. The minimum atomic E-state index is -1.17. The lowest BCUT2D eigenvalue weighted by molar-refractivity contribution is -0.256. The number of nitrogens with zero attached hydrogens (tertiary/aromatic N) is 4. The van der Waals surface area contributed by atoms with Gasteiger partial charge in [-0.2, -0.15) is 10.0 Å². The quantitative estimate of drug-likeness (QED) is 0.472. The van der Waals surface area contributed by atoms with Gasteiger partial charge in [0.05, 0.1) is 19.5 Å². The fraction of sp³-hybridized carbons (Fsp3) is 0.583. The first kappa shape index (κ1) is 14.5. The summed E-state index contributed by atoms with van der Waals surface area (Å²) in [6, 6.07) is 0. The average Bonchev–Trinajstić information content (AvgIpc) is 2.96. The van der Waals surface area contributed by atoms with Crippen molar-refractivity contribution >= 4 is 17.1 Å². The van der Waals surface area contributed by atoms with Crippen molar-refractivity contribution in [2.24, 2.45) is 0 Å². The number of anilines is 1. The maximum atomic E-state index is 11.9. The number of imidazole rings is 1. The molecule has 2 aromatic rings. The molecule has 124 valence electrons. The van der Waals surface area contributed by atoms with Crippen LogP contribution in [0.5, 0.6) is 0 Å². The van der Waals surface area contributed by atoms with Gasteiger partial charge in [-0.25, -0.2) is 4.98 Å². The minimum Gasteiger partial charge on any atom is -0.393 e. The third kappa shape index (κ3) is 1.91. The second kappa shape index (κ2) is 4.72. The van der Waals surface area contributed by atoms with Crippen LogP contribution in [-0.4, -0.2) is 72.8 Å². The fourth-order valence-corrected chi connectivity index (χ4v) is 3.22. The third-order valence-corrected chi connectivity index (χ3v) is 4.27. The summed E-state index contributed by atoms with van der Waals surface area (Å²) in [5, 5.41) is 21.6. The number of H-pyrrole nitrogens is 1. The molecule has 2 bridgehead atoms. The molecule has 2 aromatic heterocycles. The van der Waals surface area contributed by atoms with Crippen molar-refractivity contribution in [2.75, 3.05) is 25.9 Å². The lowest BCUT2D eigenvalue weighted by Gasteiger charge is -2.38. The summed E-state index contributed by atoms with van der Waals surface area (Å²) in [4.78, 5) is 27.9. The number of aliphatic hydroxyl groups excluding tert-OH is 2. The number of likely N-dealkylation sites (N-methyl/N-ethyl adjacent to an activating group) is 1. The number of hydrogen-bond donors (Lipinski definition) is 4. The maximum Gasteiger partial charge on any atom is 0.280 e. The highest BCUT2D eigenvalue weighted by Crippen LogP contribution is 2.43. The van der Waals surface area contributed by atoms with Crippen LogP contribution in [0.1, 0.15) is 6.23 Å². The predicted octanol–water partition coefficient (Wildman–Crippen LogP) is -2.43. The van der Waals surface area contributed by atoms with E-state index >= 15 is 0 Å². The van der Waals surface area contributed by atoms with Gasteiger partial charge in [-0.1, -0.05) is 0 Å². The second-order valence-corrected chi connectivity index (χ2v) is 5.81. The molecule has 0 radical (unpaired) electrons. The Morgan fingerprint density at radius 1 is 1.61 bits per heavy atom. The molecule has 2 aliphatic rings. The third-order valence-electron chi connectivity index (χ3n) is 4.27.